The van der Waals surface area contributed by atoms with Crippen molar-refractivity contribution in [2.45, 2.75) is 12.2 Å². The smallest absolute Gasteiger partial charge is 0.394 e. The van der Waals surface area contributed by atoms with E-state index in [1.807, 2.05) is 0 Å². The van der Waals surface area contributed by atoms with Crippen molar-refractivity contribution in [1.82, 2.24) is 0 Å². The van der Waals surface area contributed by atoms with Gasteiger partial charge in [0.1, 0.15) is 5.82 Å². The van der Waals surface area contributed by atoms with Crippen LogP contribution < -0.4 is 5.73 Å². The Hall–Kier alpha value is -1.14. The molecule has 0 aliphatic heterocycles. The largest absolute Gasteiger partial charge is 0.416 e. The van der Waals surface area contributed by atoms with Crippen LogP contribution in [-0.4, -0.2) is 11.7 Å². The Balaban J connectivity index is 3.27. The second-order valence-corrected chi connectivity index (χ2v) is 3.02. The van der Waals surface area contributed by atoms with Gasteiger partial charge in [0.05, 0.1) is 18.2 Å². The highest BCUT2D eigenvalue weighted by Crippen LogP contribution is 2.34. The normalized spacial score (nSPS) is 14.0. The van der Waals surface area contributed by atoms with E-state index in [4.69, 9.17) is 10.8 Å². The summed E-state index contributed by atoms with van der Waals surface area (Å²) in [5, 5.41) is 8.65. The number of halogens is 4. The molecular formula is C9H9F4NO. The highest BCUT2D eigenvalue weighted by molar-refractivity contribution is 5.32. The first-order chi connectivity index (χ1) is 6.86. The highest BCUT2D eigenvalue weighted by atomic mass is 19.4. The first-order valence-electron chi connectivity index (χ1n) is 4.09. The molecule has 0 heterocycles. The van der Waals surface area contributed by atoms with E-state index in [2.05, 4.69) is 0 Å². The summed E-state index contributed by atoms with van der Waals surface area (Å²) in [4.78, 5) is 0. The molecule has 0 saturated carbocycles. The number of hydrogen-bond donors (Lipinski definition) is 2. The lowest BCUT2D eigenvalue weighted by Gasteiger charge is -2.16. The van der Waals surface area contributed by atoms with Gasteiger partial charge in [-0.1, -0.05) is 0 Å². The first-order valence-corrected chi connectivity index (χ1v) is 4.09. The van der Waals surface area contributed by atoms with Crippen molar-refractivity contribution in [2.24, 2.45) is 5.73 Å². The molecule has 1 rings (SSSR count). The van der Waals surface area contributed by atoms with Gasteiger partial charge in [-0.2, -0.15) is 13.2 Å². The second-order valence-electron chi connectivity index (χ2n) is 3.02. The Morgan fingerprint density at radius 3 is 2.40 bits per heavy atom. The predicted octanol–water partition coefficient (Wildman–Crippen LogP) is 1.84. The van der Waals surface area contributed by atoms with Gasteiger partial charge in [0, 0.05) is 0 Å². The number of hydrogen-bond acceptors (Lipinski definition) is 2. The van der Waals surface area contributed by atoms with Crippen LogP contribution in [0.2, 0.25) is 0 Å². The van der Waals surface area contributed by atoms with Gasteiger partial charge in [0.15, 0.2) is 0 Å². The SMILES string of the molecule is N[C@H](CO)c1cc(F)ccc1C(F)(F)F. The van der Waals surface area contributed by atoms with Crippen molar-refractivity contribution >= 4 is 0 Å². The lowest BCUT2D eigenvalue weighted by atomic mass is 10.0. The Morgan fingerprint density at radius 1 is 1.33 bits per heavy atom. The zero-order valence-electron chi connectivity index (χ0n) is 7.55. The van der Waals surface area contributed by atoms with Crippen molar-refractivity contribution < 1.29 is 22.7 Å². The summed E-state index contributed by atoms with van der Waals surface area (Å²) >= 11 is 0. The summed E-state index contributed by atoms with van der Waals surface area (Å²) in [6.07, 6.45) is -4.60. The lowest BCUT2D eigenvalue weighted by Crippen LogP contribution is -2.20. The number of aliphatic hydroxyl groups excluding tert-OH is 1. The van der Waals surface area contributed by atoms with Gasteiger partial charge in [0.2, 0.25) is 0 Å². The fourth-order valence-electron chi connectivity index (χ4n) is 1.20. The molecule has 0 spiro atoms. The fourth-order valence-corrected chi connectivity index (χ4v) is 1.20. The van der Waals surface area contributed by atoms with Crippen LogP contribution >= 0.6 is 0 Å². The molecule has 2 nitrogen and oxygen atoms in total. The monoisotopic (exact) mass is 223 g/mol. The molecule has 1 aromatic rings. The molecule has 0 fully saturated rings. The topological polar surface area (TPSA) is 46.2 Å². The number of nitrogens with two attached hydrogens (primary N) is 1. The molecule has 15 heavy (non-hydrogen) atoms. The van der Waals surface area contributed by atoms with E-state index in [0.717, 1.165) is 0 Å². The van der Waals surface area contributed by atoms with E-state index in [1.54, 1.807) is 0 Å². The van der Waals surface area contributed by atoms with E-state index in [0.29, 0.717) is 18.2 Å². The molecule has 1 atom stereocenters. The molecule has 0 aliphatic carbocycles. The molecule has 84 valence electrons. The fraction of sp³-hybridized carbons (Fsp3) is 0.333. The second kappa shape index (κ2) is 4.16. The summed E-state index contributed by atoms with van der Waals surface area (Å²) in [6, 6.07) is 0.762. The molecule has 0 saturated heterocycles. The maximum Gasteiger partial charge on any atom is 0.416 e. The van der Waals surface area contributed by atoms with Crippen molar-refractivity contribution in [3.05, 3.63) is 35.1 Å². The van der Waals surface area contributed by atoms with Crippen LogP contribution in [-0.2, 0) is 6.18 Å². The van der Waals surface area contributed by atoms with Crippen LogP contribution in [0.1, 0.15) is 17.2 Å². The molecule has 6 heteroatoms. The molecular weight excluding hydrogens is 214 g/mol. The highest BCUT2D eigenvalue weighted by Gasteiger charge is 2.34. The van der Waals surface area contributed by atoms with Gasteiger partial charge in [-0.15, -0.1) is 0 Å². The number of alkyl halides is 3. The Kier molecular flexibility index (Phi) is 3.31. The van der Waals surface area contributed by atoms with Gasteiger partial charge in [0.25, 0.3) is 0 Å². The summed E-state index contributed by atoms with van der Waals surface area (Å²) in [6.45, 7) is -0.674. The quantitative estimate of drug-likeness (QED) is 0.751. The van der Waals surface area contributed by atoms with Crippen molar-refractivity contribution in [2.75, 3.05) is 6.61 Å². The van der Waals surface area contributed by atoms with E-state index < -0.39 is 35.8 Å². The minimum atomic E-state index is -4.60. The molecule has 3 N–H and O–H groups in total. The molecule has 0 amide bonds. The van der Waals surface area contributed by atoms with Gasteiger partial charge >= 0.3 is 6.18 Å². The van der Waals surface area contributed by atoms with Gasteiger partial charge in [-0.25, -0.2) is 4.39 Å². The van der Waals surface area contributed by atoms with Crippen LogP contribution in [0.25, 0.3) is 0 Å². The number of benzene rings is 1. The Bertz CT molecular complexity index is 350. The number of aliphatic hydroxyl groups is 1. The zero-order chi connectivity index (χ0) is 11.6. The Morgan fingerprint density at radius 2 is 1.93 bits per heavy atom. The molecule has 1 aromatic carbocycles. The van der Waals surface area contributed by atoms with Gasteiger partial charge in [-0.3, -0.25) is 0 Å². The minimum absolute atomic E-state index is 0.440. The summed E-state index contributed by atoms with van der Waals surface area (Å²) in [5.74, 6) is -0.818. The molecule has 0 radical (unpaired) electrons. The van der Waals surface area contributed by atoms with Crippen LogP contribution in [0.15, 0.2) is 18.2 Å². The molecule has 0 aromatic heterocycles. The van der Waals surface area contributed by atoms with Crippen LogP contribution in [0, 0.1) is 5.82 Å². The first kappa shape index (κ1) is 11.9. The maximum atomic E-state index is 12.7. The summed E-state index contributed by atoms with van der Waals surface area (Å²) in [7, 11) is 0. The average Bonchev–Trinajstić information content (AvgIpc) is 2.14. The predicted molar refractivity (Wildman–Crippen MR) is 45.4 cm³/mol. The van der Waals surface area contributed by atoms with E-state index in [1.165, 1.54) is 0 Å². The van der Waals surface area contributed by atoms with E-state index >= 15 is 0 Å². The Labute approximate surface area is 83.3 Å². The van der Waals surface area contributed by atoms with Crippen molar-refractivity contribution in [1.29, 1.82) is 0 Å². The van der Waals surface area contributed by atoms with Gasteiger partial charge in [-0.05, 0) is 23.8 Å². The zero-order valence-corrected chi connectivity index (χ0v) is 7.55. The standard InChI is InChI=1S/C9H9F4NO/c10-5-1-2-7(9(11,12)13)6(3-5)8(14)4-15/h1-3,8,15H,4,14H2/t8-/m1/s1. The van der Waals surface area contributed by atoms with E-state index in [9.17, 15) is 17.6 Å². The third kappa shape index (κ3) is 2.66. The minimum Gasteiger partial charge on any atom is -0.394 e. The molecule has 0 bridgehead atoms. The van der Waals surface area contributed by atoms with Crippen LogP contribution in [0.3, 0.4) is 0 Å². The number of rotatable bonds is 2. The van der Waals surface area contributed by atoms with E-state index in [-0.39, 0.29) is 0 Å². The van der Waals surface area contributed by atoms with Crippen LogP contribution in [0.5, 0.6) is 0 Å². The third-order valence-corrected chi connectivity index (χ3v) is 1.92. The third-order valence-electron chi connectivity index (χ3n) is 1.92. The van der Waals surface area contributed by atoms with Crippen LogP contribution in [0.4, 0.5) is 17.6 Å². The van der Waals surface area contributed by atoms with Gasteiger partial charge < -0.3 is 10.8 Å². The van der Waals surface area contributed by atoms with Crippen molar-refractivity contribution in [3.63, 3.8) is 0 Å². The maximum absolute atomic E-state index is 12.7. The molecule has 0 unspecified atom stereocenters. The van der Waals surface area contributed by atoms with Crippen molar-refractivity contribution in [3.8, 4) is 0 Å². The summed E-state index contributed by atoms with van der Waals surface area (Å²) in [5.41, 5.74) is 3.78. The average molecular weight is 223 g/mol. The summed E-state index contributed by atoms with van der Waals surface area (Å²) < 4.78 is 50.0. The molecule has 0 aliphatic rings. The lowest BCUT2D eigenvalue weighted by molar-refractivity contribution is -0.138.